The fourth-order valence-corrected chi connectivity index (χ4v) is 4.90. The number of ether oxygens (including phenoxy) is 2. The van der Waals surface area contributed by atoms with Gasteiger partial charge in [0.05, 0.1) is 17.7 Å². The summed E-state index contributed by atoms with van der Waals surface area (Å²) in [7, 11) is 0. The molecule has 0 aromatic heterocycles. The third kappa shape index (κ3) is 3.65. The van der Waals surface area contributed by atoms with Gasteiger partial charge in [0.25, 0.3) is 0 Å². The minimum Gasteiger partial charge on any atom is -0.493 e. The van der Waals surface area contributed by atoms with Crippen molar-refractivity contribution in [2.45, 2.75) is 69.7 Å². The van der Waals surface area contributed by atoms with E-state index in [4.69, 9.17) is 9.47 Å². The maximum atomic E-state index is 12.0. The number of amides is 1. The van der Waals surface area contributed by atoms with Crippen LogP contribution in [0.3, 0.4) is 0 Å². The molecule has 0 saturated carbocycles. The second-order valence-electron chi connectivity index (χ2n) is 8.70. The molecular weight excluding hydrogens is 356 g/mol. The topological polar surface area (TPSA) is 71.0 Å². The summed E-state index contributed by atoms with van der Waals surface area (Å²) in [5.41, 5.74) is 1.44. The normalized spacial score (nSPS) is 29.3. The average molecular weight is 389 g/mol. The van der Waals surface area contributed by atoms with E-state index in [-0.39, 0.29) is 5.91 Å². The lowest BCUT2D eigenvalue weighted by molar-refractivity contribution is -0.208. The summed E-state index contributed by atoms with van der Waals surface area (Å²) in [6.45, 7) is 7.81. The number of nitrogens with zero attached hydrogens (tertiary/aromatic N) is 1. The van der Waals surface area contributed by atoms with Gasteiger partial charge in [0.15, 0.2) is 0 Å². The van der Waals surface area contributed by atoms with E-state index in [1.165, 1.54) is 11.1 Å². The molecule has 3 heterocycles. The Labute approximate surface area is 167 Å². The minimum atomic E-state index is -0.691. The zero-order valence-electron chi connectivity index (χ0n) is 17.0. The first-order chi connectivity index (χ1) is 13.4. The standard InChI is InChI=1S/C22H32N2O4/c1-3-19(25)23-21(2)9-13-28-22(20(21)26)7-10-24(11-8-22)15-16-4-5-18-17(14-16)6-12-27-18/h4-5,14,20,26H,3,6-13,15H2,1-2H3,(H,23,25)/t20-,21+/m0/s1. The largest absolute Gasteiger partial charge is 0.493 e. The lowest BCUT2D eigenvalue weighted by atomic mass is 9.73. The monoisotopic (exact) mass is 388 g/mol. The first-order valence-electron chi connectivity index (χ1n) is 10.5. The van der Waals surface area contributed by atoms with Crippen molar-refractivity contribution < 1.29 is 19.4 Å². The number of carbonyl (C=O) groups excluding carboxylic acids is 1. The van der Waals surface area contributed by atoms with E-state index in [2.05, 4.69) is 28.4 Å². The fraction of sp³-hybridized carbons (Fsp3) is 0.682. The first kappa shape index (κ1) is 19.7. The molecule has 0 bridgehead atoms. The second kappa shape index (κ2) is 7.65. The van der Waals surface area contributed by atoms with Gasteiger partial charge >= 0.3 is 0 Å². The summed E-state index contributed by atoms with van der Waals surface area (Å²) in [5, 5.41) is 14.2. The summed E-state index contributed by atoms with van der Waals surface area (Å²) in [6.07, 6.45) is 2.93. The summed E-state index contributed by atoms with van der Waals surface area (Å²) >= 11 is 0. The van der Waals surface area contributed by atoms with Gasteiger partial charge in [-0.25, -0.2) is 0 Å². The molecule has 0 aliphatic carbocycles. The summed E-state index contributed by atoms with van der Waals surface area (Å²) < 4.78 is 11.7. The molecule has 2 saturated heterocycles. The predicted octanol–water partition coefficient (Wildman–Crippen LogP) is 2.02. The quantitative estimate of drug-likeness (QED) is 0.826. The second-order valence-corrected chi connectivity index (χ2v) is 8.70. The van der Waals surface area contributed by atoms with Crippen LogP contribution < -0.4 is 10.1 Å². The molecular formula is C22H32N2O4. The van der Waals surface area contributed by atoms with Crippen molar-refractivity contribution in [3.05, 3.63) is 29.3 Å². The Morgan fingerprint density at radius 1 is 1.29 bits per heavy atom. The Hall–Kier alpha value is -1.63. The number of aliphatic hydroxyl groups excluding tert-OH is 1. The molecule has 3 aliphatic rings. The molecule has 2 fully saturated rings. The third-order valence-corrected chi connectivity index (χ3v) is 6.72. The van der Waals surface area contributed by atoms with Gasteiger partial charge in [-0.05, 0) is 43.4 Å². The first-order valence-corrected chi connectivity index (χ1v) is 10.5. The summed E-state index contributed by atoms with van der Waals surface area (Å²) in [5.74, 6) is 1.00. The molecule has 3 aliphatic heterocycles. The number of piperidine rings is 1. The molecule has 0 radical (unpaired) electrons. The Bertz CT molecular complexity index is 729. The van der Waals surface area contributed by atoms with Crippen LogP contribution in [0, 0.1) is 0 Å². The smallest absolute Gasteiger partial charge is 0.220 e. The lowest BCUT2D eigenvalue weighted by Crippen LogP contribution is -2.69. The Morgan fingerprint density at radius 3 is 2.82 bits per heavy atom. The molecule has 4 rings (SSSR count). The van der Waals surface area contributed by atoms with Gasteiger partial charge in [0.1, 0.15) is 11.9 Å². The van der Waals surface area contributed by atoms with Crippen LogP contribution in [0.25, 0.3) is 0 Å². The lowest BCUT2D eigenvalue weighted by Gasteiger charge is -2.53. The van der Waals surface area contributed by atoms with E-state index in [0.717, 1.165) is 51.3 Å². The zero-order chi connectivity index (χ0) is 19.8. The van der Waals surface area contributed by atoms with Crippen molar-refractivity contribution in [1.82, 2.24) is 10.2 Å². The van der Waals surface area contributed by atoms with Crippen LogP contribution in [-0.2, 0) is 22.5 Å². The van der Waals surface area contributed by atoms with Crippen molar-refractivity contribution in [3.8, 4) is 5.75 Å². The van der Waals surface area contributed by atoms with Crippen molar-refractivity contribution in [2.24, 2.45) is 0 Å². The van der Waals surface area contributed by atoms with Gasteiger partial charge in [0.2, 0.25) is 5.91 Å². The van der Waals surface area contributed by atoms with Crippen LogP contribution in [0.15, 0.2) is 18.2 Å². The van der Waals surface area contributed by atoms with Crippen LogP contribution >= 0.6 is 0 Å². The van der Waals surface area contributed by atoms with Crippen LogP contribution in [-0.4, -0.2) is 59.5 Å². The molecule has 0 unspecified atom stereocenters. The van der Waals surface area contributed by atoms with Gasteiger partial charge in [-0.2, -0.15) is 0 Å². The van der Waals surface area contributed by atoms with Gasteiger partial charge in [-0.3, -0.25) is 9.69 Å². The zero-order valence-corrected chi connectivity index (χ0v) is 17.0. The van der Waals surface area contributed by atoms with E-state index < -0.39 is 17.2 Å². The van der Waals surface area contributed by atoms with Crippen molar-refractivity contribution in [3.63, 3.8) is 0 Å². The Balaban J connectivity index is 1.39. The maximum absolute atomic E-state index is 12.0. The van der Waals surface area contributed by atoms with Gasteiger partial charge in [-0.1, -0.05) is 19.1 Å². The molecule has 28 heavy (non-hydrogen) atoms. The number of carbonyl (C=O) groups is 1. The molecule has 1 aromatic carbocycles. The number of likely N-dealkylation sites (tertiary alicyclic amines) is 1. The maximum Gasteiger partial charge on any atom is 0.220 e. The van der Waals surface area contributed by atoms with Crippen molar-refractivity contribution in [1.29, 1.82) is 0 Å². The van der Waals surface area contributed by atoms with Crippen molar-refractivity contribution in [2.75, 3.05) is 26.3 Å². The SMILES string of the molecule is CCC(=O)N[C@]1(C)CCOC2(CCN(Cc3ccc4c(c3)CCO4)CC2)[C@H]1O. The molecule has 1 aromatic rings. The highest BCUT2D eigenvalue weighted by atomic mass is 16.5. The molecule has 6 nitrogen and oxygen atoms in total. The van der Waals surface area contributed by atoms with Crippen LogP contribution in [0.5, 0.6) is 5.75 Å². The number of aliphatic hydroxyl groups is 1. The van der Waals surface area contributed by atoms with Gasteiger partial charge in [0, 0.05) is 39.1 Å². The van der Waals surface area contributed by atoms with Gasteiger partial charge in [-0.15, -0.1) is 0 Å². The number of benzene rings is 1. The molecule has 6 heteroatoms. The fourth-order valence-electron chi connectivity index (χ4n) is 4.90. The van der Waals surface area contributed by atoms with E-state index in [9.17, 15) is 9.90 Å². The van der Waals surface area contributed by atoms with Crippen LogP contribution in [0.2, 0.25) is 0 Å². The molecule has 1 spiro atoms. The number of hydrogen-bond acceptors (Lipinski definition) is 5. The number of hydrogen-bond donors (Lipinski definition) is 2. The highest BCUT2D eigenvalue weighted by Gasteiger charge is 2.53. The van der Waals surface area contributed by atoms with E-state index >= 15 is 0 Å². The number of fused-ring (bicyclic) bond motifs is 1. The highest BCUT2D eigenvalue weighted by Crippen LogP contribution is 2.40. The highest BCUT2D eigenvalue weighted by molar-refractivity contribution is 5.76. The van der Waals surface area contributed by atoms with Crippen LogP contribution in [0.1, 0.15) is 50.7 Å². The number of rotatable bonds is 4. The van der Waals surface area contributed by atoms with Gasteiger partial charge < -0.3 is 19.9 Å². The molecule has 154 valence electrons. The molecule has 1 amide bonds. The van der Waals surface area contributed by atoms with E-state index in [1.807, 2.05) is 13.8 Å². The van der Waals surface area contributed by atoms with Crippen molar-refractivity contribution >= 4 is 5.91 Å². The van der Waals surface area contributed by atoms with Crippen LogP contribution in [0.4, 0.5) is 0 Å². The summed E-state index contributed by atoms with van der Waals surface area (Å²) in [4.78, 5) is 14.4. The Kier molecular flexibility index (Phi) is 5.38. The third-order valence-electron chi connectivity index (χ3n) is 6.72. The molecule has 2 atom stereocenters. The number of nitrogens with one attached hydrogen (secondary N) is 1. The Morgan fingerprint density at radius 2 is 2.07 bits per heavy atom. The summed E-state index contributed by atoms with van der Waals surface area (Å²) in [6, 6.07) is 6.49. The molecule has 2 N–H and O–H groups in total. The minimum absolute atomic E-state index is 0.0170. The average Bonchev–Trinajstić information content (AvgIpc) is 3.16. The van der Waals surface area contributed by atoms with E-state index in [0.29, 0.717) is 19.4 Å². The van der Waals surface area contributed by atoms with E-state index in [1.54, 1.807) is 0 Å². The predicted molar refractivity (Wildman–Crippen MR) is 106 cm³/mol.